The van der Waals surface area contributed by atoms with Crippen molar-refractivity contribution in [1.82, 2.24) is 9.80 Å². The van der Waals surface area contributed by atoms with Crippen LogP contribution in [0.1, 0.15) is 53.4 Å². The van der Waals surface area contributed by atoms with Crippen LogP contribution in [0.15, 0.2) is 0 Å². The fraction of sp³-hybridized carbons (Fsp3) is 0.867. The predicted molar refractivity (Wildman–Crippen MR) is 78.7 cm³/mol. The minimum absolute atomic E-state index is 0.00323. The molecule has 116 valence electrons. The molecule has 1 aliphatic rings. The lowest BCUT2D eigenvalue weighted by atomic mass is 9.85. The Kier molecular flexibility index (Phi) is 5.84. The number of hydrogen-bond donors (Lipinski definition) is 1. The summed E-state index contributed by atoms with van der Waals surface area (Å²) >= 11 is 0. The molecule has 1 saturated heterocycles. The van der Waals surface area contributed by atoms with Gasteiger partial charge in [0.2, 0.25) is 0 Å². The second-order valence-corrected chi connectivity index (χ2v) is 6.72. The van der Waals surface area contributed by atoms with Crippen molar-refractivity contribution in [3.63, 3.8) is 0 Å². The molecule has 0 radical (unpaired) electrons. The monoisotopic (exact) mass is 284 g/mol. The highest BCUT2D eigenvalue weighted by molar-refractivity contribution is 5.75. The summed E-state index contributed by atoms with van der Waals surface area (Å²) in [6.45, 7) is 10.2. The van der Waals surface area contributed by atoms with Crippen LogP contribution in [-0.4, -0.2) is 52.6 Å². The molecule has 20 heavy (non-hydrogen) atoms. The van der Waals surface area contributed by atoms with Crippen molar-refractivity contribution in [2.24, 2.45) is 5.41 Å². The number of carbonyl (C=O) groups is 2. The Hall–Kier alpha value is -1.26. The molecule has 0 atom stereocenters. The minimum atomic E-state index is -0.861. The first-order chi connectivity index (χ1) is 9.23. The molecule has 0 saturated carbocycles. The van der Waals surface area contributed by atoms with Gasteiger partial charge >= 0.3 is 12.0 Å². The summed E-state index contributed by atoms with van der Waals surface area (Å²) in [6.07, 6.45) is 3.16. The molecule has 0 aromatic carbocycles. The van der Waals surface area contributed by atoms with Crippen LogP contribution in [0.25, 0.3) is 0 Å². The van der Waals surface area contributed by atoms with Crippen molar-refractivity contribution in [2.45, 2.75) is 59.4 Å². The number of amides is 2. The third-order valence-electron chi connectivity index (χ3n) is 4.05. The van der Waals surface area contributed by atoms with Crippen LogP contribution in [0.2, 0.25) is 0 Å². The summed E-state index contributed by atoms with van der Waals surface area (Å²) in [5, 5.41) is 8.80. The van der Waals surface area contributed by atoms with Gasteiger partial charge in [-0.15, -0.1) is 0 Å². The highest BCUT2D eigenvalue weighted by Gasteiger charge is 2.28. The Balaban J connectivity index is 2.66. The molecule has 1 heterocycles. The summed E-state index contributed by atoms with van der Waals surface area (Å²) < 4.78 is 0. The van der Waals surface area contributed by atoms with Gasteiger partial charge in [0.25, 0.3) is 0 Å². The molecule has 5 nitrogen and oxygen atoms in total. The number of nitrogens with zero attached hydrogens (tertiary/aromatic N) is 2. The van der Waals surface area contributed by atoms with Crippen LogP contribution in [0.4, 0.5) is 4.79 Å². The minimum Gasteiger partial charge on any atom is -0.481 e. The van der Waals surface area contributed by atoms with E-state index in [0.29, 0.717) is 5.41 Å². The van der Waals surface area contributed by atoms with Gasteiger partial charge < -0.3 is 14.9 Å². The molecule has 1 rings (SSSR count). The first-order valence-electron chi connectivity index (χ1n) is 7.50. The molecule has 1 fully saturated rings. The standard InChI is InChI=1S/C15H28N2O3/c1-12(2)17(10-6-13(18)19)14(20)16-9-5-7-15(3,4)8-11-16/h12H,5-11H2,1-4H3,(H,18,19). The quantitative estimate of drug-likeness (QED) is 0.863. The highest BCUT2D eigenvalue weighted by atomic mass is 16.4. The van der Waals surface area contributed by atoms with E-state index >= 15 is 0 Å². The van der Waals surface area contributed by atoms with E-state index in [-0.39, 0.29) is 25.0 Å². The van der Waals surface area contributed by atoms with E-state index in [0.717, 1.165) is 32.4 Å². The highest BCUT2D eigenvalue weighted by Crippen LogP contribution is 2.30. The van der Waals surface area contributed by atoms with Crippen LogP contribution < -0.4 is 0 Å². The van der Waals surface area contributed by atoms with E-state index in [4.69, 9.17) is 5.11 Å². The molecule has 0 aromatic heterocycles. The smallest absolute Gasteiger partial charge is 0.320 e. The Labute approximate surface area is 121 Å². The number of urea groups is 1. The van der Waals surface area contributed by atoms with Crippen molar-refractivity contribution >= 4 is 12.0 Å². The van der Waals surface area contributed by atoms with Gasteiger partial charge in [-0.1, -0.05) is 13.8 Å². The van der Waals surface area contributed by atoms with Crippen LogP contribution in [0.3, 0.4) is 0 Å². The van der Waals surface area contributed by atoms with Gasteiger partial charge in [0.05, 0.1) is 6.42 Å². The molecule has 1 N–H and O–H groups in total. The van der Waals surface area contributed by atoms with E-state index < -0.39 is 5.97 Å². The van der Waals surface area contributed by atoms with Crippen molar-refractivity contribution in [3.05, 3.63) is 0 Å². The summed E-state index contributed by atoms with van der Waals surface area (Å²) in [4.78, 5) is 26.8. The van der Waals surface area contributed by atoms with E-state index in [9.17, 15) is 9.59 Å². The number of hydrogen-bond acceptors (Lipinski definition) is 2. The summed E-state index contributed by atoms with van der Waals surface area (Å²) in [5.41, 5.74) is 0.290. The Morgan fingerprint density at radius 3 is 2.45 bits per heavy atom. The number of carbonyl (C=O) groups excluding carboxylic acids is 1. The third kappa shape index (κ3) is 5.02. The van der Waals surface area contributed by atoms with Gasteiger partial charge in [0.1, 0.15) is 0 Å². The lowest BCUT2D eigenvalue weighted by Gasteiger charge is -2.32. The number of carboxylic acids is 1. The number of likely N-dealkylation sites (tertiary alicyclic amines) is 1. The van der Waals surface area contributed by atoms with E-state index in [1.54, 1.807) is 4.90 Å². The van der Waals surface area contributed by atoms with Gasteiger partial charge in [-0.3, -0.25) is 4.79 Å². The molecule has 5 heteroatoms. The number of aliphatic carboxylic acids is 1. The summed E-state index contributed by atoms with van der Waals surface area (Å²) in [6, 6.07) is 0.0112. The van der Waals surface area contributed by atoms with Gasteiger partial charge in [-0.05, 0) is 38.5 Å². The predicted octanol–water partition coefficient (Wildman–Crippen LogP) is 2.80. The lowest BCUT2D eigenvalue weighted by molar-refractivity contribution is -0.137. The molecule has 0 aromatic rings. The molecular weight excluding hydrogens is 256 g/mol. The normalized spacial score (nSPS) is 18.8. The first kappa shape index (κ1) is 16.8. The van der Waals surface area contributed by atoms with Crippen LogP contribution in [-0.2, 0) is 4.79 Å². The topological polar surface area (TPSA) is 60.9 Å². The zero-order valence-electron chi connectivity index (χ0n) is 13.2. The maximum absolute atomic E-state index is 12.6. The first-order valence-corrected chi connectivity index (χ1v) is 7.50. The van der Waals surface area contributed by atoms with E-state index in [2.05, 4.69) is 13.8 Å². The van der Waals surface area contributed by atoms with Gasteiger partial charge in [0, 0.05) is 25.7 Å². The Bertz CT molecular complexity index is 353. The molecule has 1 aliphatic heterocycles. The van der Waals surface area contributed by atoms with Crippen molar-refractivity contribution in [3.8, 4) is 0 Å². The largest absolute Gasteiger partial charge is 0.481 e. The average Bonchev–Trinajstić information content (AvgIpc) is 2.49. The van der Waals surface area contributed by atoms with Crippen LogP contribution >= 0.6 is 0 Å². The molecule has 2 amide bonds. The Morgan fingerprint density at radius 2 is 1.90 bits per heavy atom. The summed E-state index contributed by atoms with van der Waals surface area (Å²) in [5.74, 6) is -0.861. The maximum Gasteiger partial charge on any atom is 0.320 e. The van der Waals surface area contributed by atoms with Crippen molar-refractivity contribution in [2.75, 3.05) is 19.6 Å². The van der Waals surface area contributed by atoms with E-state index in [1.165, 1.54) is 0 Å². The zero-order chi connectivity index (χ0) is 15.3. The van der Waals surface area contributed by atoms with Gasteiger partial charge in [0.15, 0.2) is 0 Å². The number of carboxylic acid groups (broad SMARTS) is 1. The lowest BCUT2D eigenvalue weighted by Crippen LogP contribution is -2.47. The fourth-order valence-corrected chi connectivity index (χ4v) is 2.59. The number of rotatable bonds is 4. The van der Waals surface area contributed by atoms with Gasteiger partial charge in [-0.25, -0.2) is 4.79 Å². The molecular formula is C15H28N2O3. The molecule has 0 unspecified atom stereocenters. The fourth-order valence-electron chi connectivity index (χ4n) is 2.59. The Morgan fingerprint density at radius 1 is 1.25 bits per heavy atom. The molecule has 0 bridgehead atoms. The second kappa shape index (κ2) is 6.95. The van der Waals surface area contributed by atoms with Crippen LogP contribution in [0.5, 0.6) is 0 Å². The van der Waals surface area contributed by atoms with Crippen molar-refractivity contribution < 1.29 is 14.7 Å². The second-order valence-electron chi connectivity index (χ2n) is 6.72. The third-order valence-corrected chi connectivity index (χ3v) is 4.05. The SMILES string of the molecule is CC(C)N(CCC(=O)O)C(=O)N1CCCC(C)(C)CC1. The van der Waals surface area contributed by atoms with Crippen LogP contribution in [0, 0.1) is 5.41 Å². The molecule has 0 spiro atoms. The van der Waals surface area contributed by atoms with Crippen molar-refractivity contribution in [1.29, 1.82) is 0 Å². The van der Waals surface area contributed by atoms with E-state index in [1.807, 2.05) is 18.7 Å². The average molecular weight is 284 g/mol. The van der Waals surface area contributed by atoms with Gasteiger partial charge in [-0.2, -0.15) is 0 Å². The zero-order valence-corrected chi connectivity index (χ0v) is 13.2. The maximum atomic E-state index is 12.6. The summed E-state index contributed by atoms with van der Waals surface area (Å²) in [7, 11) is 0. The molecule has 0 aliphatic carbocycles.